The number of pyridine rings is 1. The van der Waals surface area contributed by atoms with E-state index in [1.54, 1.807) is 6.92 Å². The van der Waals surface area contributed by atoms with Crippen molar-refractivity contribution in [3.63, 3.8) is 0 Å². The van der Waals surface area contributed by atoms with Crippen LogP contribution in [-0.2, 0) is 13.2 Å². The maximum atomic E-state index is 14.8. The van der Waals surface area contributed by atoms with Gasteiger partial charge in [-0.2, -0.15) is 27.2 Å². The van der Waals surface area contributed by atoms with Gasteiger partial charge in [0.1, 0.15) is 12.2 Å². The molecule has 0 bridgehead atoms. The van der Waals surface area contributed by atoms with Crippen LogP contribution < -0.4 is 15.7 Å². The van der Waals surface area contributed by atoms with Crippen LogP contribution in [-0.4, -0.2) is 47.5 Å². The summed E-state index contributed by atoms with van der Waals surface area (Å²) < 4.78 is 62.6. The third-order valence-corrected chi connectivity index (χ3v) is 4.41. The van der Waals surface area contributed by atoms with E-state index < -0.39 is 54.1 Å². The highest BCUT2D eigenvalue weighted by Crippen LogP contribution is 2.25. The van der Waals surface area contributed by atoms with E-state index in [-0.39, 0.29) is 18.1 Å². The van der Waals surface area contributed by atoms with E-state index in [1.807, 2.05) is 0 Å². The van der Waals surface area contributed by atoms with E-state index in [1.165, 1.54) is 11.6 Å². The molecular weight excluding hydrogens is 448 g/mol. The molecule has 3 aromatic heterocycles. The smallest absolute Gasteiger partial charge is 0.422 e. The number of ether oxygens (including phenoxy) is 1. The molecule has 31 heavy (non-hydrogen) atoms. The Morgan fingerprint density at radius 2 is 2.13 bits per heavy atom. The third-order valence-electron chi connectivity index (χ3n) is 3.83. The van der Waals surface area contributed by atoms with E-state index >= 15 is 0 Å². The molecule has 0 unspecified atom stereocenters. The SMILES string of the molecule is CCn1c(CO)nn(-c2nc(OCC(F)(F)F)c(C(=O)Nc3cnsc3)cc2F)c1=O. The minimum absolute atomic E-state index is 0.0863. The summed E-state index contributed by atoms with van der Waals surface area (Å²) in [7, 11) is 0. The lowest BCUT2D eigenvalue weighted by Crippen LogP contribution is -2.27. The van der Waals surface area contributed by atoms with Crippen molar-refractivity contribution < 1.29 is 32.2 Å². The fourth-order valence-corrected chi connectivity index (χ4v) is 2.98. The van der Waals surface area contributed by atoms with Crippen LogP contribution in [0.3, 0.4) is 0 Å². The van der Waals surface area contributed by atoms with Crippen molar-refractivity contribution in [2.24, 2.45) is 0 Å². The summed E-state index contributed by atoms with van der Waals surface area (Å²) >= 11 is 1.00. The van der Waals surface area contributed by atoms with E-state index in [0.29, 0.717) is 10.7 Å². The van der Waals surface area contributed by atoms with Crippen LogP contribution in [0.4, 0.5) is 23.2 Å². The van der Waals surface area contributed by atoms with Crippen molar-refractivity contribution in [1.29, 1.82) is 0 Å². The van der Waals surface area contributed by atoms with Crippen molar-refractivity contribution in [2.45, 2.75) is 26.3 Å². The van der Waals surface area contributed by atoms with Crippen LogP contribution in [0.5, 0.6) is 5.88 Å². The van der Waals surface area contributed by atoms with Gasteiger partial charge in [-0.15, -0.1) is 5.10 Å². The van der Waals surface area contributed by atoms with Crippen LogP contribution in [0, 0.1) is 5.82 Å². The predicted octanol–water partition coefficient (Wildman–Crippen LogP) is 1.73. The first-order valence-electron chi connectivity index (χ1n) is 8.55. The minimum atomic E-state index is -4.77. The molecule has 1 amide bonds. The highest BCUT2D eigenvalue weighted by Gasteiger charge is 2.31. The number of aromatic nitrogens is 5. The number of hydrogen-bond acceptors (Lipinski definition) is 8. The third kappa shape index (κ3) is 4.88. The van der Waals surface area contributed by atoms with E-state index in [2.05, 4.69) is 24.5 Å². The molecule has 0 saturated carbocycles. The van der Waals surface area contributed by atoms with Crippen molar-refractivity contribution in [3.05, 3.63) is 45.3 Å². The zero-order chi connectivity index (χ0) is 22.8. The van der Waals surface area contributed by atoms with Gasteiger partial charge in [0.15, 0.2) is 24.1 Å². The standard InChI is InChI=1S/C16H14F4N6O4S/c1-2-25-11(5-27)24-26(15(25)29)12-10(17)3-9(13(28)22-8-4-21-31-6-8)14(23-12)30-7-16(18,19)20/h3-4,6,27H,2,5,7H2,1H3,(H,22,28). The second kappa shape index (κ2) is 8.81. The van der Waals surface area contributed by atoms with Gasteiger partial charge in [-0.3, -0.25) is 9.36 Å². The van der Waals surface area contributed by atoms with Crippen molar-refractivity contribution in [1.82, 2.24) is 23.7 Å². The average molecular weight is 462 g/mol. The van der Waals surface area contributed by atoms with Crippen LogP contribution in [0.2, 0.25) is 0 Å². The molecule has 0 aliphatic heterocycles. The minimum Gasteiger partial charge on any atom is -0.467 e. The van der Waals surface area contributed by atoms with Gasteiger partial charge in [0.2, 0.25) is 5.88 Å². The number of nitrogens with zero attached hydrogens (tertiary/aromatic N) is 5. The monoisotopic (exact) mass is 462 g/mol. The fraction of sp³-hybridized carbons (Fsp3) is 0.312. The summed E-state index contributed by atoms with van der Waals surface area (Å²) in [5, 5.41) is 16.8. The van der Waals surface area contributed by atoms with Crippen molar-refractivity contribution >= 4 is 23.1 Å². The van der Waals surface area contributed by atoms with Gasteiger partial charge in [-0.05, 0) is 24.5 Å². The van der Waals surface area contributed by atoms with Crippen LogP contribution in [0.25, 0.3) is 5.82 Å². The largest absolute Gasteiger partial charge is 0.467 e. The molecule has 0 saturated heterocycles. The van der Waals surface area contributed by atoms with E-state index in [0.717, 1.165) is 16.1 Å². The number of carbonyl (C=O) groups is 1. The van der Waals surface area contributed by atoms with Crippen molar-refractivity contribution in [3.8, 4) is 11.7 Å². The van der Waals surface area contributed by atoms with Crippen LogP contribution in [0.15, 0.2) is 22.4 Å². The van der Waals surface area contributed by atoms with Gasteiger partial charge < -0.3 is 15.2 Å². The molecule has 0 atom stereocenters. The summed E-state index contributed by atoms with van der Waals surface area (Å²) in [4.78, 5) is 28.5. The molecule has 0 fully saturated rings. The molecule has 3 heterocycles. The number of hydrogen-bond donors (Lipinski definition) is 2. The number of aliphatic hydroxyl groups excluding tert-OH is 1. The normalized spacial score (nSPS) is 11.5. The molecule has 166 valence electrons. The zero-order valence-corrected chi connectivity index (χ0v) is 16.5. The lowest BCUT2D eigenvalue weighted by atomic mass is 10.2. The number of rotatable bonds is 7. The number of alkyl halides is 3. The molecule has 0 aliphatic rings. The zero-order valence-electron chi connectivity index (χ0n) is 15.7. The second-order valence-corrected chi connectivity index (χ2v) is 6.59. The van der Waals surface area contributed by atoms with Gasteiger partial charge >= 0.3 is 11.9 Å². The van der Waals surface area contributed by atoms with Gasteiger partial charge in [0.05, 0.1) is 11.9 Å². The predicted molar refractivity (Wildman–Crippen MR) is 98.8 cm³/mol. The Kier molecular flexibility index (Phi) is 6.35. The molecule has 0 aromatic carbocycles. The lowest BCUT2D eigenvalue weighted by Gasteiger charge is -2.13. The Hall–Kier alpha value is -3.33. The number of halogens is 4. The summed E-state index contributed by atoms with van der Waals surface area (Å²) in [6, 6.07) is 0.583. The first kappa shape index (κ1) is 22.4. The summed E-state index contributed by atoms with van der Waals surface area (Å²) in [6.45, 7) is -0.806. The summed E-state index contributed by atoms with van der Waals surface area (Å²) in [5.41, 5.74) is -1.30. The molecule has 3 aromatic rings. The number of nitrogens with one attached hydrogen (secondary N) is 1. The Morgan fingerprint density at radius 1 is 1.39 bits per heavy atom. The molecule has 10 nitrogen and oxygen atoms in total. The second-order valence-electron chi connectivity index (χ2n) is 5.93. The Morgan fingerprint density at radius 3 is 2.68 bits per heavy atom. The molecule has 2 N–H and O–H groups in total. The molecular formula is C16H14F4N6O4S. The number of carbonyl (C=O) groups excluding carboxylic acids is 1. The number of amides is 1. The van der Waals surface area contributed by atoms with E-state index in [4.69, 9.17) is 0 Å². The number of aliphatic hydroxyl groups is 1. The highest BCUT2D eigenvalue weighted by atomic mass is 32.1. The Balaban J connectivity index is 2.09. The molecule has 3 rings (SSSR count). The Bertz CT molecular complexity index is 1140. The van der Waals surface area contributed by atoms with Gasteiger partial charge in [0, 0.05) is 11.9 Å². The van der Waals surface area contributed by atoms with E-state index in [9.17, 15) is 32.3 Å². The highest BCUT2D eigenvalue weighted by molar-refractivity contribution is 7.04. The lowest BCUT2D eigenvalue weighted by molar-refractivity contribution is -0.154. The molecule has 0 aliphatic carbocycles. The average Bonchev–Trinajstić information content (AvgIpc) is 3.33. The maximum Gasteiger partial charge on any atom is 0.422 e. The summed E-state index contributed by atoms with van der Waals surface area (Å²) in [6.07, 6.45) is -3.49. The van der Waals surface area contributed by atoms with Crippen molar-refractivity contribution in [2.75, 3.05) is 11.9 Å². The van der Waals surface area contributed by atoms with Gasteiger partial charge in [0.25, 0.3) is 5.91 Å². The Labute approximate surface area is 174 Å². The maximum absolute atomic E-state index is 14.8. The molecule has 15 heteroatoms. The van der Waals surface area contributed by atoms with Crippen LogP contribution in [0.1, 0.15) is 23.1 Å². The molecule has 0 radical (unpaired) electrons. The summed E-state index contributed by atoms with van der Waals surface area (Å²) in [5.74, 6) is -3.99. The van der Waals surface area contributed by atoms with Gasteiger partial charge in [-0.25, -0.2) is 9.18 Å². The first-order valence-corrected chi connectivity index (χ1v) is 9.39. The number of anilines is 1. The van der Waals surface area contributed by atoms with Crippen LogP contribution >= 0.6 is 11.5 Å². The molecule has 0 spiro atoms. The fourth-order valence-electron chi connectivity index (χ4n) is 2.51. The first-order chi connectivity index (χ1) is 14.6. The topological polar surface area (TPSA) is 124 Å². The van der Waals surface area contributed by atoms with Gasteiger partial charge in [-0.1, -0.05) is 0 Å². The quantitative estimate of drug-likeness (QED) is 0.513.